The molecule has 0 unspecified atom stereocenters. The summed E-state index contributed by atoms with van der Waals surface area (Å²) in [5.74, 6) is -0.519. The highest BCUT2D eigenvalue weighted by atomic mass is 35.5. The molecule has 0 amide bonds. The van der Waals surface area contributed by atoms with Crippen molar-refractivity contribution in [2.45, 2.75) is 27.4 Å². The summed E-state index contributed by atoms with van der Waals surface area (Å²) in [4.78, 5) is 10.9. The first-order valence-electron chi connectivity index (χ1n) is 6.61. The molecule has 0 aromatic heterocycles. The van der Waals surface area contributed by atoms with Crippen LogP contribution in [-0.2, 0) is 6.61 Å². The molecule has 0 fully saturated rings. The predicted molar refractivity (Wildman–Crippen MR) is 83.4 cm³/mol. The molecule has 0 aliphatic heterocycles. The first-order chi connectivity index (χ1) is 9.88. The summed E-state index contributed by atoms with van der Waals surface area (Å²) < 4.78 is 5.73. The molecule has 2 rings (SSSR count). The minimum Gasteiger partial charge on any atom is -0.487 e. The lowest BCUT2D eigenvalue weighted by Crippen LogP contribution is -2.02. The molecule has 4 heteroatoms. The summed E-state index contributed by atoms with van der Waals surface area (Å²) in [6.07, 6.45) is 0. The highest BCUT2D eigenvalue weighted by molar-refractivity contribution is 6.32. The van der Waals surface area contributed by atoms with Gasteiger partial charge in [-0.05, 0) is 55.7 Å². The van der Waals surface area contributed by atoms with Gasteiger partial charge in [0.25, 0.3) is 0 Å². The van der Waals surface area contributed by atoms with Crippen LogP contribution in [0.1, 0.15) is 32.6 Å². The zero-order valence-corrected chi connectivity index (χ0v) is 13.0. The van der Waals surface area contributed by atoms with Crippen LogP contribution in [0.4, 0.5) is 0 Å². The SMILES string of the molecule is Cc1cc(C)c(COc2ccc(C(=O)O)cc2Cl)c(C)c1. The standard InChI is InChI=1S/C17H17ClO3/c1-10-6-11(2)14(12(3)7-10)9-21-16-5-4-13(17(19)20)8-15(16)18/h4-8H,9H2,1-3H3,(H,19,20). The van der Waals surface area contributed by atoms with Crippen LogP contribution in [-0.4, -0.2) is 11.1 Å². The molecule has 2 aromatic rings. The molecule has 3 nitrogen and oxygen atoms in total. The van der Waals surface area contributed by atoms with E-state index >= 15 is 0 Å². The second-order valence-corrected chi connectivity index (χ2v) is 5.52. The van der Waals surface area contributed by atoms with Crippen LogP contribution in [0.5, 0.6) is 5.75 Å². The monoisotopic (exact) mass is 304 g/mol. The number of hydrogen-bond donors (Lipinski definition) is 1. The van der Waals surface area contributed by atoms with E-state index in [9.17, 15) is 4.79 Å². The van der Waals surface area contributed by atoms with Crippen LogP contribution in [0.15, 0.2) is 30.3 Å². The van der Waals surface area contributed by atoms with Crippen molar-refractivity contribution in [3.63, 3.8) is 0 Å². The van der Waals surface area contributed by atoms with Gasteiger partial charge in [0.15, 0.2) is 0 Å². The largest absolute Gasteiger partial charge is 0.487 e. The zero-order valence-electron chi connectivity index (χ0n) is 12.2. The first-order valence-corrected chi connectivity index (χ1v) is 6.98. The summed E-state index contributed by atoms with van der Waals surface area (Å²) in [7, 11) is 0. The van der Waals surface area contributed by atoms with Crippen LogP contribution in [0.25, 0.3) is 0 Å². The van der Waals surface area contributed by atoms with Crippen LogP contribution in [0.3, 0.4) is 0 Å². The van der Waals surface area contributed by atoms with Gasteiger partial charge in [0, 0.05) is 0 Å². The van der Waals surface area contributed by atoms with Gasteiger partial charge in [-0.25, -0.2) is 4.79 Å². The van der Waals surface area contributed by atoms with Crippen molar-refractivity contribution in [3.05, 3.63) is 63.2 Å². The van der Waals surface area contributed by atoms with E-state index in [4.69, 9.17) is 21.4 Å². The minimum atomic E-state index is -1.01. The van der Waals surface area contributed by atoms with Gasteiger partial charge >= 0.3 is 5.97 Å². The van der Waals surface area contributed by atoms with E-state index in [1.165, 1.54) is 28.8 Å². The van der Waals surface area contributed by atoms with Gasteiger partial charge in [0.2, 0.25) is 0 Å². The van der Waals surface area contributed by atoms with E-state index in [2.05, 4.69) is 19.1 Å². The minimum absolute atomic E-state index is 0.148. The van der Waals surface area contributed by atoms with Gasteiger partial charge in [0.1, 0.15) is 12.4 Å². The van der Waals surface area contributed by atoms with Crippen molar-refractivity contribution in [1.29, 1.82) is 0 Å². The van der Waals surface area contributed by atoms with Gasteiger partial charge in [0.05, 0.1) is 10.6 Å². The molecule has 0 aliphatic rings. The fraction of sp³-hybridized carbons (Fsp3) is 0.235. The Morgan fingerprint density at radius 1 is 1.14 bits per heavy atom. The summed E-state index contributed by atoms with van der Waals surface area (Å²) in [5.41, 5.74) is 4.84. The molecule has 0 atom stereocenters. The topological polar surface area (TPSA) is 46.5 Å². The van der Waals surface area contributed by atoms with Gasteiger partial charge in [-0.1, -0.05) is 29.3 Å². The number of benzene rings is 2. The third-order valence-corrected chi connectivity index (χ3v) is 3.69. The fourth-order valence-corrected chi connectivity index (χ4v) is 2.57. The summed E-state index contributed by atoms with van der Waals surface area (Å²) in [6.45, 7) is 6.57. The van der Waals surface area contributed by atoms with Gasteiger partial charge in [-0.3, -0.25) is 0 Å². The number of hydrogen-bond acceptors (Lipinski definition) is 2. The van der Waals surface area contributed by atoms with Crippen LogP contribution in [0, 0.1) is 20.8 Å². The first kappa shape index (κ1) is 15.4. The average Bonchev–Trinajstić information content (AvgIpc) is 2.38. The van der Waals surface area contributed by atoms with Crippen molar-refractivity contribution < 1.29 is 14.6 Å². The number of ether oxygens (including phenoxy) is 1. The molecule has 1 N–H and O–H groups in total. The number of aryl methyl sites for hydroxylation is 3. The number of aromatic carboxylic acids is 1. The molecule has 0 radical (unpaired) electrons. The Balaban J connectivity index is 2.19. The van der Waals surface area contributed by atoms with Crippen molar-refractivity contribution in [1.82, 2.24) is 0 Å². The van der Waals surface area contributed by atoms with E-state index < -0.39 is 5.97 Å². The highest BCUT2D eigenvalue weighted by Gasteiger charge is 2.10. The normalized spacial score (nSPS) is 10.5. The summed E-state index contributed by atoms with van der Waals surface area (Å²) in [5, 5.41) is 9.21. The Hall–Kier alpha value is -2.00. The molecule has 0 saturated carbocycles. The van der Waals surface area contributed by atoms with Crippen LogP contribution < -0.4 is 4.74 Å². The van der Waals surface area contributed by atoms with E-state index in [0.717, 1.165) is 5.56 Å². The molecule has 0 saturated heterocycles. The Bertz CT molecular complexity index is 669. The quantitative estimate of drug-likeness (QED) is 0.902. The summed E-state index contributed by atoms with van der Waals surface area (Å²) in [6, 6.07) is 8.69. The van der Waals surface area contributed by atoms with Gasteiger partial charge < -0.3 is 9.84 Å². The second kappa shape index (κ2) is 6.19. The van der Waals surface area contributed by atoms with E-state index in [-0.39, 0.29) is 5.56 Å². The van der Waals surface area contributed by atoms with Crippen molar-refractivity contribution in [3.8, 4) is 5.75 Å². The highest BCUT2D eigenvalue weighted by Crippen LogP contribution is 2.27. The maximum Gasteiger partial charge on any atom is 0.335 e. The summed E-state index contributed by atoms with van der Waals surface area (Å²) >= 11 is 6.06. The number of carbonyl (C=O) groups is 1. The van der Waals surface area contributed by atoms with Crippen molar-refractivity contribution in [2.24, 2.45) is 0 Å². The van der Waals surface area contributed by atoms with Gasteiger partial charge in [-0.2, -0.15) is 0 Å². The van der Waals surface area contributed by atoms with E-state index in [1.807, 2.05) is 13.8 Å². The third kappa shape index (κ3) is 3.56. The van der Waals surface area contributed by atoms with E-state index in [1.54, 1.807) is 6.07 Å². The number of carboxylic acid groups (broad SMARTS) is 1. The molecule has 0 bridgehead atoms. The maximum absolute atomic E-state index is 10.9. The molecule has 110 valence electrons. The number of carboxylic acids is 1. The van der Waals surface area contributed by atoms with Gasteiger partial charge in [-0.15, -0.1) is 0 Å². The Morgan fingerprint density at radius 3 is 2.29 bits per heavy atom. The lowest BCUT2D eigenvalue weighted by atomic mass is 10.0. The Morgan fingerprint density at radius 2 is 1.76 bits per heavy atom. The fourth-order valence-electron chi connectivity index (χ4n) is 2.34. The maximum atomic E-state index is 10.9. The molecule has 2 aromatic carbocycles. The molecule has 0 spiro atoms. The average molecular weight is 305 g/mol. The molecule has 21 heavy (non-hydrogen) atoms. The van der Waals surface area contributed by atoms with Crippen molar-refractivity contribution in [2.75, 3.05) is 0 Å². The molecular weight excluding hydrogens is 288 g/mol. The lowest BCUT2D eigenvalue weighted by Gasteiger charge is -2.13. The molecule has 0 aliphatic carbocycles. The molecular formula is C17H17ClO3. The predicted octanol–water partition coefficient (Wildman–Crippen LogP) is 4.54. The molecule has 0 heterocycles. The van der Waals surface area contributed by atoms with Crippen LogP contribution in [0.2, 0.25) is 5.02 Å². The lowest BCUT2D eigenvalue weighted by molar-refractivity contribution is 0.0697. The van der Waals surface area contributed by atoms with Crippen molar-refractivity contribution >= 4 is 17.6 Å². The Labute approximate surface area is 129 Å². The second-order valence-electron chi connectivity index (χ2n) is 5.12. The van der Waals surface area contributed by atoms with E-state index in [0.29, 0.717) is 17.4 Å². The smallest absolute Gasteiger partial charge is 0.335 e. The third-order valence-electron chi connectivity index (χ3n) is 3.39. The Kier molecular flexibility index (Phi) is 4.53. The van der Waals surface area contributed by atoms with Crippen LogP contribution >= 0.6 is 11.6 Å². The number of halogens is 1. The number of rotatable bonds is 4. The zero-order chi connectivity index (χ0) is 15.6.